The number of ether oxygens (including phenoxy) is 2. The Morgan fingerprint density at radius 3 is 2.37 bits per heavy atom. The molecule has 29 heteroatoms. The van der Waals surface area contributed by atoms with Crippen molar-refractivity contribution < 1.29 is 103 Å². The van der Waals surface area contributed by atoms with Crippen LogP contribution in [0.4, 0.5) is 5.69 Å². The Labute approximate surface area is 348 Å². The molecule has 0 spiro atoms. The first-order chi connectivity index (χ1) is 29.0. The average Bonchev–Trinajstić information content (AvgIpc) is 3.46. The number of hydrogen-bond donors (Lipinski definition) is 15. The summed E-state index contributed by atoms with van der Waals surface area (Å²) >= 11 is 0. The maximum absolute atomic E-state index is 12.7. The lowest BCUT2D eigenvalue weighted by Crippen LogP contribution is -2.48. The monoisotopic (exact) mass is 905 g/mol. The van der Waals surface area contributed by atoms with Gasteiger partial charge in [-0.05, 0) is 19.4 Å². The molecule has 342 valence electrons. The third-order valence-electron chi connectivity index (χ3n) is 9.12. The molecule has 0 bridgehead atoms. The standard InChI is InChI=1S/C33H44N7O21P/c1-11(15-8-35-28-24(37-15)30(53)40-33(34)39-28)36-13-6-16(41)12(4-17(13)42)5-18(43)25(49)19(44)9-58-32-27(51)26(50)21(60-32)10-59-62(56,57)61-20(2-3-22(45)46)29(52)38-14(31(54)55)7-23(47)48/h4,6,8,11,14,18-21,24-27,32,36,41-44,49-51H,2-3,5,7,9-10H2,1H3,(H,38,52)(H,45,46)(H,47,48)(H,54,55)(H,56,57)(H2,34,40,53). The number of fused-ring (bicyclic) bond motifs is 1. The molecule has 3 aliphatic heterocycles. The predicted octanol–water partition coefficient (Wildman–Crippen LogP) is -4.25. The van der Waals surface area contributed by atoms with Crippen molar-refractivity contribution in [3.8, 4) is 11.5 Å². The van der Waals surface area contributed by atoms with Crippen LogP contribution in [0, 0.1) is 5.41 Å². The minimum atomic E-state index is -5.39. The van der Waals surface area contributed by atoms with Crippen molar-refractivity contribution in [1.82, 2.24) is 10.6 Å². The number of amidine groups is 1. The van der Waals surface area contributed by atoms with Gasteiger partial charge in [-0.1, -0.05) is 0 Å². The van der Waals surface area contributed by atoms with E-state index < -0.39 is 155 Å². The number of aromatic hydroxyl groups is 2. The van der Waals surface area contributed by atoms with Gasteiger partial charge in [0.2, 0.25) is 5.96 Å². The van der Waals surface area contributed by atoms with Gasteiger partial charge in [-0.2, -0.15) is 4.99 Å². The molecule has 2 amide bonds. The second-order valence-electron chi connectivity index (χ2n) is 13.9. The van der Waals surface area contributed by atoms with Crippen LogP contribution in [-0.2, 0) is 53.5 Å². The van der Waals surface area contributed by atoms with Gasteiger partial charge in [0.15, 0.2) is 18.2 Å². The van der Waals surface area contributed by atoms with E-state index >= 15 is 0 Å². The zero-order valence-electron chi connectivity index (χ0n) is 32.1. The van der Waals surface area contributed by atoms with Crippen LogP contribution in [0.5, 0.6) is 11.5 Å². The van der Waals surface area contributed by atoms with E-state index in [0.717, 1.165) is 12.1 Å². The van der Waals surface area contributed by atoms with Crippen molar-refractivity contribution in [3.05, 3.63) is 17.7 Å². The van der Waals surface area contributed by atoms with Crippen molar-refractivity contribution >= 4 is 67.0 Å². The number of anilines is 1. The molecule has 1 aromatic rings. The van der Waals surface area contributed by atoms with Crippen molar-refractivity contribution in [1.29, 1.82) is 5.41 Å². The highest BCUT2D eigenvalue weighted by Gasteiger charge is 2.46. The van der Waals surface area contributed by atoms with Crippen LogP contribution in [0.2, 0.25) is 0 Å². The van der Waals surface area contributed by atoms with Crippen LogP contribution in [-0.4, -0.2) is 190 Å². The Morgan fingerprint density at radius 2 is 1.73 bits per heavy atom. The molecule has 1 aromatic carbocycles. The maximum atomic E-state index is 12.7. The Morgan fingerprint density at radius 1 is 1.03 bits per heavy atom. The highest BCUT2D eigenvalue weighted by Crippen LogP contribution is 2.46. The number of nitrogens with one attached hydrogen (secondary N) is 4. The fourth-order valence-electron chi connectivity index (χ4n) is 5.84. The number of carbonyl (C=O) groups is 5. The topological polar surface area (TPSA) is 459 Å². The Kier molecular flexibility index (Phi) is 16.7. The van der Waals surface area contributed by atoms with Crippen LogP contribution in [0.3, 0.4) is 0 Å². The maximum Gasteiger partial charge on any atom is 0.473 e. The van der Waals surface area contributed by atoms with E-state index in [1.54, 1.807) is 12.2 Å². The Hall–Kier alpha value is -5.52. The number of carboxylic acid groups (broad SMARTS) is 3. The zero-order valence-corrected chi connectivity index (χ0v) is 33.0. The SMILES string of the molecule is CC(Nc1cc(O)c(CC(O)C(O)C(O)COC2OC(COP(=O)(O)OC(CCC(=O)O)C(=O)NC(CC(=O)O)C(=O)O)C(O)C2O)cc1O)C1=NC2C(=O)NC(=N)N=C2N=C1. The summed E-state index contributed by atoms with van der Waals surface area (Å²) in [6.07, 6.45) is -17.1. The molecular weight excluding hydrogens is 861 g/mol. The number of nitrogens with zero attached hydrogens (tertiary/aromatic N) is 3. The summed E-state index contributed by atoms with van der Waals surface area (Å²) in [4.78, 5) is 80.6. The normalized spacial score (nSPS) is 24.8. The average molecular weight is 906 g/mol. The third kappa shape index (κ3) is 13.2. The molecule has 0 saturated carbocycles. The number of hydrogen-bond acceptors (Lipinski definition) is 21. The molecule has 12 atom stereocenters. The number of carbonyl (C=O) groups excluding carboxylic acids is 2. The van der Waals surface area contributed by atoms with Crippen LogP contribution in [0.1, 0.15) is 31.7 Å². The van der Waals surface area contributed by atoms with Crippen LogP contribution in [0.25, 0.3) is 0 Å². The fraction of sp³-hybridized carbons (Fsp3) is 0.545. The number of guanidine groups is 1. The lowest BCUT2D eigenvalue weighted by molar-refractivity contribution is -0.192. The first-order valence-corrected chi connectivity index (χ1v) is 19.7. The summed E-state index contributed by atoms with van der Waals surface area (Å²) in [5, 5.41) is 115. The van der Waals surface area contributed by atoms with Gasteiger partial charge in [-0.3, -0.25) is 43.9 Å². The van der Waals surface area contributed by atoms with E-state index in [1.807, 2.05) is 0 Å². The molecule has 1 fully saturated rings. The number of phenols is 2. The van der Waals surface area contributed by atoms with Gasteiger partial charge in [0.1, 0.15) is 54.2 Å². The summed E-state index contributed by atoms with van der Waals surface area (Å²) < 4.78 is 32.7. The fourth-order valence-corrected chi connectivity index (χ4v) is 6.75. The van der Waals surface area contributed by atoms with Gasteiger partial charge >= 0.3 is 25.7 Å². The van der Waals surface area contributed by atoms with E-state index in [0.29, 0.717) is 0 Å². The smallest absolute Gasteiger partial charge is 0.473 e. The molecule has 0 aromatic heterocycles. The molecule has 3 aliphatic rings. The molecule has 3 heterocycles. The predicted molar refractivity (Wildman–Crippen MR) is 204 cm³/mol. The lowest BCUT2D eigenvalue weighted by atomic mass is 9.99. The number of amides is 2. The molecule has 15 N–H and O–H groups in total. The van der Waals surface area contributed by atoms with E-state index in [9.17, 15) is 74.3 Å². The van der Waals surface area contributed by atoms with Gasteiger partial charge in [-0.25, -0.2) is 14.4 Å². The number of rotatable bonds is 23. The number of carboxylic acids is 3. The van der Waals surface area contributed by atoms with Crippen LogP contribution < -0.4 is 16.0 Å². The first kappa shape index (κ1) is 49.1. The highest BCUT2D eigenvalue weighted by molar-refractivity contribution is 7.47. The van der Waals surface area contributed by atoms with Gasteiger partial charge < -0.3 is 76.1 Å². The summed E-state index contributed by atoms with van der Waals surface area (Å²) in [5.41, 5.74) is 0.183. The second-order valence-corrected chi connectivity index (χ2v) is 15.3. The summed E-state index contributed by atoms with van der Waals surface area (Å²) in [7, 11) is -5.39. The van der Waals surface area contributed by atoms with Crippen molar-refractivity contribution in [3.63, 3.8) is 0 Å². The summed E-state index contributed by atoms with van der Waals surface area (Å²) in [6, 6.07) is -1.65. The number of benzene rings is 1. The highest BCUT2D eigenvalue weighted by atomic mass is 31.2. The van der Waals surface area contributed by atoms with Crippen molar-refractivity contribution in [2.75, 3.05) is 18.5 Å². The van der Waals surface area contributed by atoms with Crippen LogP contribution in [0.15, 0.2) is 27.1 Å². The minimum absolute atomic E-state index is 0.00372. The number of aliphatic hydroxyl groups excluding tert-OH is 5. The number of phosphoric acid groups is 1. The molecule has 0 radical (unpaired) electrons. The number of phosphoric ester groups is 1. The zero-order chi connectivity index (χ0) is 46.2. The minimum Gasteiger partial charge on any atom is -0.508 e. The molecule has 28 nitrogen and oxygen atoms in total. The quantitative estimate of drug-likeness (QED) is 0.0281. The first-order valence-electron chi connectivity index (χ1n) is 18.2. The largest absolute Gasteiger partial charge is 0.508 e. The third-order valence-corrected chi connectivity index (χ3v) is 10.1. The van der Waals surface area contributed by atoms with E-state index in [2.05, 4.69) is 25.6 Å². The Bertz CT molecular complexity index is 2030. The number of aliphatic carboxylic acids is 3. The summed E-state index contributed by atoms with van der Waals surface area (Å²) in [5.74, 6) is -8.26. The number of aliphatic imine (C=N–C) groups is 3. The second kappa shape index (κ2) is 21.0. The number of phenolic OH excluding ortho intramolecular Hbond substituents is 2. The Balaban J connectivity index is 1.28. The van der Waals surface area contributed by atoms with E-state index in [1.165, 1.54) is 6.21 Å². The molecule has 1 saturated heterocycles. The van der Waals surface area contributed by atoms with Crippen LogP contribution >= 0.6 is 7.82 Å². The lowest BCUT2D eigenvalue weighted by Gasteiger charge is -2.25. The van der Waals surface area contributed by atoms with Crippen molar-refractivity contribution in [2.24, 2.45) is 15.0 Å². The summed E-state index contributed by atoms with van der Waals surface area (Å²) in [6.45, 7) is -0.318. The van der Waals surface area contributed by atoms with Gasteiger partial charge in [0, 0.05) is 24.5 Å². The van der Waals surface area contributed by atoms with E-state index in [4.69, 9.17) is 34.1 Å². The van der Waals surface area contributed by atoms with E-state index in [-0.39, 0.29) is 28.8 Å². The van der Waals surface area contributed by atoms with Crippen molar-refractivity contribution in [2.45, 2.75) is 99.8 Å². The van der Waals surface area contributed by atoms with Gasteiger partial charge in [0.05, 0.1) is 49.4 Å². The molecular formula is C33H44N7O21P. The van der Waals surface area contributed by atoms with Gasteiger partial charge in [0.25, 0.3) is 11.8 Å². The molecule has 4 rings (SSSR count). The molecule has 62 heavy (non-hydrogen) atoms. The number of aliphatic hydroxyl groups is 5. The molecule has 12 unspecified atom stereocenters. The molecule has 0 aliphatic carbocycles. The van der Waals surface area contributed by atoms with Gasteiger partial charge in [-0.15, -0.1) is 0 Å².